The molecule has 0 saturated heterocycles. The number of amides is 2. The van der Waals surface area contributed by atoms with E-state index < -0.39 is 5.91 Å². The van der Waals surface area contributed by atoms with E-state index in [0.29, 0.717) is 33.5 Å². The molecule has 0 aliphatic heterocycles. The van der Waals surface area contributed by atoms with Gasteiger partial charge in [-0.1, -0.05) is 48.0 Å². The topological polar surface area (TPSA) is 79.8 Å². The van der Waals surface area contributed by atoms with Crippen molar-refractivity contribution in [3.05, 3.63) is 117 Å². The molecule has 0 bridgehead atoms. The number of carbonyl (C=O) groups is 2. The van der Waals surface area contributed by atoms with Crippen LogP contribution in [-0.4, -0.2) is 18.0 Å². The van der Waals surface area contributed by atoms with Gasteiger partial charge in [-0.05, 0) is 59.5 Å². The van der Waals surface area contributed by atoms with Crippen molar-refractivity contribution in [3.8, 4) is 5.75 Å². The molecule has 8 heteroatoms. The van der Waals surface area contributed by atoms with Crippen molar-refractivity contribution in [1.29, 1.82) is 0 Å². The van der Waals surface area contributed by atoms with Gasteiger partial charge >= 0.3 is 0 Å². The molecular weight excluding hydrogens is 470 g/mol. The predicted octanol–water partition coefficient (Wildman–Crippen LogP) is 6.00. The minimum atomic E-state index is -0.432. The summed E-state index contributed by atoms with van der Waals surface area (Å²) in [6, 6.07) is 25.1. The zero-order valence-electron chi connectivity index (χ0n) is 17.9. The van der Waals surface area contributed by atoms with Gasteiger partial charge in [-0.25, -0.2) is 5.43 Å². The van der Waals surface area contributed by atoms with Crippen LogP contribution < -0.4 is 15.5 Å². The zero-order valence-corrected chi connectivity index (χ0v) is 19.5. The van der Waals surface area contributed by atoms with Crippen molar-refractivity contribution in [2.24, 2.45) is 5.10 Å². The lowest BCUT2D eigenvalue weighted by atomic mass is 10.1. The Morgan fingerprint density at radius 2 is 1.68 bits per heavy atom. The fraction of sp³-hybridized carbons (Fsp3) is 0.0385. The molecule has 0 atom stereocenters. The van der Waals surface area contributed by atoms with Gasteiger partial charge in [0.05, 0.1) is 22.3 Å². The number of carbonyl (C=O) groups excluding carboxylic acids is 2. The third-order valence-electron chi connectivity index (χ3n) is 4.78. The third-order valence-corrected chi connectivity index (χ3v) is 6.01. The fourth-order valence-electron chi connectivity index (χ4n) is 3.03. The molecule has 0 spiro atoms. The number of rotatable bonds is 8. The summed E-state index contributed by atoms with van der Waals surface area (Å²) >= 11 is 7.48. The quantitative estimate of drug-likeness (QED) is 0.235. The van der Waals surface area contributed by atoms with Gasteiger partial charge in [-0.3, -0.25) is 9.59 Å². The number of hydrogen-bond donors (Lipinski definition) is 2. The Labute approximate surface area is 205 Å². The number of ether oxygens (including phenoxy) is 1. The molecule has 1 aromatic heterocycles. The van der Waals surface area contributed by atoms with Crippen molar-refractivity contribution < 1.29 is 14.3 Å². The number of hydrogen-bond acceptors (Lipinski definition) is 5. The van der Waals surface area contributed by atoms with Crippen molar-refractivity contribution in [2.75, 3.05) is 5.32 Å². The van der Waals surface area contributed by atoms with Crippen LogP contribution in [0.3, 0.4) is 0 Å². The van der Waals surface area contributed by atoms with Crippen molar-refractivity contribution >= 4 is 46.7 Å². The summed E-state index contributed by atoms with van der Waals surface area (Å²) in [4.78, 5) is 25.5. The molecule has 2 amide bonds. The zero-order chi connectivity index (χ0) is 23.8. The second-order valence-electron chi connectivity index (χ2n) is 7.13. The molecule has 0 unspecified atom stereocenters. The van der Waals surface area contributed by atoms with Gasteiger partial charge in [-0.15, -0.1) is 11.3 Å². The first-order chi connectivity index (χ1) is 16.6. The van der Waals surface area contributed by atoms with E-state index in [1.807, 2.05) is 53.9 Å². The van der Waals surface area contributed by atoms with Crippen LogP contribution in [0.2, 0.25) is 5.02 Å². The Morgan fingerprint density at radius 3 is 2.44 bits per heavy atom. The molecule has 34 heavy (non-hydrogen) atoms. The standard InChI is InChI=1S/C26H20ClN3O3S/c27-22-8-3-1-6-19(22)17-33-20-13-11-18(12-14-20)16-28-30-25(31)21-7-2-4-9-23(21)29-26(32)24-10-5-15-34-24/h1-16H,17H2,(H,29,32)(H,30,31)/b28-16-. The van der Waals surface area contributed by atoms with Gasteiger partial charge in [-0.2, -0.15) is 5.10 Å². The van der Waals surface area contributed by atoms with Crippen LogP contribution >= 0.6 is 22.9 Å². The van der Waals surface area contributed by atoms with Crippen molar-refractivity contribution in [1.82, 2.24) is 5.43 Å². The number of anilines is 1. The lowest BCUT2D eigenvalue weighted by Crippen LogP contribution is -2.21. The Bertz CT molecular complexity index is 1310. The third kappa shape index (κ3) is 6.10. The molecule has 170 valence electrons. The highest BCUT2D eigenvalue weighted by molar-refractivity contribution is 7.12. The second-order valence-corrected chi connectivity index (χ2v) is 8.48. The molecule has 0 radical (unpaired) electrons. The Hall–Kier alpha value is -3.94. The number of nitrogens with one attached hydrogen (secondary N) is 2. The van der Waals surface area contributed by atoms with Crippen LogP contribution in [0.15, 0.2) is 95.4 Å². The molecule has 6 nitrogen and oxygen atoms in total. The predicted molar refractivity (Wildman–Crippen MR) is 136 cm³/mol. The van der Waals surface area contributed by atoms with Crippen molar-refractivity contribution in [2.45, 2.75) is 6.61 Å². The smallest absolute Gasteiger partial charge is 0.273 e. The normalized spacial score (nSPS) is 10.7. The summed E-state index contributed by atoms with van der Waals surface area (Å²) in [5.41, 5.74) is 4.91. The summed E-state index contributed by atoms with van der Waals surface area (Å²) in [7, 11) is 0. The second kappa shape index (κ2) is 11.3. The number of halogens is 1. The highest BCUT2D eigenvalue weighted by Gasteiger charge is 2.14. The van der Waals surface area contributed by atoms with Crippen LogP contribution in [0.25, 0.3) is 0 Å². The van der Waals surface area contributed by atoms with E-state index in [2.05, 4.69) is 15.8 Å². The number of nitrogens with zero attached hydrogens (tertiary/aromatic N) is 1. The molecule has 4 rings (SSSR count). The molecule has 3 aromatic carbocycles. The summed E-state index contributed by atoms with van der Waals surface area (Å²) in [5.74, 6) is -0.00914. The first kappa shape index (κ1) is 23.2. The largest absolute Gasteiger partial charge is 0.489 e. The van der Waals surface area contributed by atoms with Crippen LogP contribution in [-0.2, 0) is 6.61 Å². The van der Waals surface area contributed by atoms with Crippen LogP contribution in [0.4, 0.5) is 5.69 Å². The van der Waals surface area contributed by atoms with Crippen molar-refractivity contribution in [3.63, 3.8) is 0 Å². The van der Waals surface area contributed by atoms with E-state index in [1.165, 1.54) is 17.6 Å². The minimum Gasteiger partial charge on any atom is -0.489 e. The molecular formula is C26H20ClN3O3S. The van der Waals surface area contributed by atoms with E-state index in [-0.39, 0.29) is 5.91 Å². The van der Waals surface area contributed by atoms with Crippen LogP contribution in [0.5, 0.6) is 5.75 Å². The molecule has 1 heterocycles. The Morgan fingerprint density at radius 1 is 0.912 bits per heavy atom. The number of thiophene rings is 1. The minimum absolute atomic E-state index is 0.268. The summed E-state index contributed by atoms with van der Waals surface area (Å²) in [5, 5.41) is 9.28. The molecule has 0 fully saturated rings. The lowest BCUT2D eigenvalue weighted by Gasteiger charge is -2.09. The van der Waals surface area contributed by atoms with Gasteiger partial charge in [0.25, 0.3) is 11.8 Å². The van der Waals surface area contributed by atoms with Gasteiger partial charge < -0.3 is 10.1 Å². The molecule has 4 aromatic rings. The highest BCUT2D eigenvalue weighted by Crippen LogP contribution is 2.19. The maximum absolute atomic E-state index is 12.6. The first-order valence-electron chi connectivity index (χ1n) is 10.3. The summed E-state index contributed by atoms with van der Waals surface area (Å²) in [6.45, 7) is 0.367. The van der Waals surface area contributed by atoms with Crippen LogP contribution in [0.1, 0.15) is 31.2 Å². The highest BCUT2D eigenvalue weighted by atomic mass is 35.5. The van der Waals surface area contributed by atoms with E-state index in [1.54, 1.807) is 36.4 Å². The monoisotopic (exact) mass is 489 g/mol. The maximum atomic E-state index is 12.6. The Kier molecular flexibility index (Phi) is 7.70. The lowest BCUT2D eigenvalue weighted by molar-refractivity contribution is 0.0956. The SMILES string of the molecule is O=C(Nc1ccccc1C(=O)N/N=C\c1ccc(OCc2ccccc2Cl)cc1)c1cccs1. The molecule has 2 N–H and O–H groups in total. The summed E-state index contributed by atoms with van der Waals surface area (Å²) in [6.07, 6.45) is 1.53. The average molecular weight is 490 g/mol. The average Bonchev–Trinajstić information content (AvgIpc) is 3.40. The Balaban J connectivity index is 1.33. The fourth-order valence-corrected chi connectivity index (χ4v) is 3.84. The van der Waals surface area contributed by atoms with E-state index in [0.717, 1.165) is 11.1 Å². The number of para-hydroxylation sites is 1. The summed E-state index contributed by atoms with van der Waals surface area (Å²) < 4.78 is 5.77. The van der Waals surface area contributed by atoms with E-state index in [9.17, 15) is 9.59 Å². The van der Waals surface area contributed by atoms with Gasteiger partial charge in [0.1, 0.15) is 12.4 Å². The number of hydrazone groups is 1. The van der Waals surface area contributed by atoms with Gasteiger partial charge in [0.2, 0.25) is 0 Å². The molecule has 0 aliphatic carbocycles. The van der Waals surface area contributed by atoms with Crippen LogP contribution in [0, 0.1) is 0 Å². The number of benzene rings is 3. The first-order valence-corrected chi connectivity index (χ1v) is 11.6. The van der Waals surface area contributed by atoms with Gasteiger partial charge in [0, 0.05) is 10.6 Å². The maximum Gasteiger partial charge on any atom is 0.273 e. The molecule has 0 aliphatic rings. The van der Waals surface area contributed by atoms with Gasteiger partial charge in [0.15, 0.2) is 0 Å². The van der Waals surface area contributed by atoms with E-state index >= 15 is 0 Å². The molecule has 0 saturated carbocycles. The van der Waals surface area contributed by atoms with E-state index in [4.69, 9.17) is 16.3 Å².